The number of aromatic amines is 1. The van der Waals surface area contributed by atoms with Gasteiger partial charge < -0.3 is 10.3 Å². The molecular formula is C16H20FN3O. The molecule has 0 aliphatic rings. The molecule has 0 fully saturated rings. The quantitative estimate of drug-likeness (QED) is 0.908. The summed E-state index contributed by atoms with van der Waals surface area (Å²) in [6.45, 7) is 7.92. The third kappa shape index (κ3) is 3.68. The Morgan fingerprint density at radius 2 is 1.86 bits per heavy atom. The lowest BCUT2D eigenvalue weighted by Gasteiger charge is -2.10. The maximum absolute atomic E-state index is 13.6. The highest BCUT2D eigenvalue weighted by Crippen LogP contribution is 2.16. The fourth-order valence-corrected chi connectivity index (χ4v) is 2.17. The van der Waals surface area contributed by atoms with E-state index in [0.29, 0.717) is 29.3 Å². The summed E-state index contributed by atoms with van der Waals surface area (Å²) in [6, 6.07) is 5.02. The zero-order valence-electron chi connectivity index (χ0n) is 12.7. The van der Waals surface area contributed by atoms with E-state index in [1.165, 1.54) is 6.07 Å². The second-order valence-electron chi connectivity index (χ2n) is 5.57. The molecule has 0 spiro atoms. The van der Waals surface area contributed by atoms with Gasteiger partial charge in [0, 0.05) is 18.5 Å². The Hall–Kier alpha value is -2.17. The molecule has 2 N–H and O–H groups in total. The Bertz CT molecular complexity index is 684. The Kier molecular flexibility index (Phi) is 4.40. The summed E-state index contributed by atoms with van der Waals surface area (Å²) in [4.78, 5) is 18.7. The number of hydrogen-bond donors (Lipinski definition) is 2. The van der Waals surface area contributed by atoms with Crippen molar-refractivity contribution < 1.29 is 4.39 Å². The Morgan fingerprint density at radius 3 is 2.43 bits per heavy atom. The van der Waals surface area contributed by atoms with Crippen molar-refractivity contribution in [3.05, 3.63) is 56.9 Å². The van der Waals surface area contributed by atoms with Crippen LogP contribution >= 0.6 is 0 Å². The van der Waals surface area contributed by atoms with Gasteiger partial charge in [0.1, 0.15) is 17.5 Å². The van der Waals surface area contributed by atoms with Crippen LogP contribution in [0.2, 0.25) is 0 Å². The number of nitrogens with zero attached hydrogens (tertiary/aromatic N) is 1. The van der Waals surface area contributed by atoms with E-state index in [0.717, 1.165) is 5.56 Å². The number of anilines is 1. The van der Waals surface area contributed by atoms with Gasteiger partial charge >= 0.3 is 0 Å². The van der Waals surface area contributed by atoms with Gasteiger partial charge in [-0.05, 0) is 30.5 Å². The van der Waals surface area contributed by atoms with Gasteiger partial charge in [0.05, 0.1) is 0 Å². The molecule has 21 heavy (non-hydrogen) atoms. The van der Waals surface area contributed by atoms with E-state index in [1.54, 1.807) is 26.0 Å². The molecule has 0 saturated heterocycles. The van der Waals surface area contributed by atoms with Crippen molar-refractivity contribution in [2.45, 2.75) is 40.2 Å². The van der Waals surface area contributed by atoms with Crippen molar-refractivity contribution in [3.8, 4) is 0 Å². The number of halogens is 1. The molecule has 0 unspecified atom stereocenters. The van der Waals surface area contributed by atoms with Crippen LogP contribution in [0.1, 0.15) is 42.3 Å². The smallest absolute Gasteiger partial charge is 0.252 e. The van der Waals surface area contributed by atoms with E-state index in [4.69, 9.17) is 0 Å². The number of nitrogens with one attached hydrogen (secondary N) is 2. The molecule has 0 atom stereocenters. The predicted molar refractivity (Wildman–Crippen MR) is 82.1 cm³/mol. The van der Waals surface area contributed by atoms with Crippen LogP contribution in [-0.4, -0.2) is 9.97 Å². The van der Waals surface area contributed by atoms with Crippen molar-refractivity contribution in [1.82, 2.24) is 9.97 Å². The Balaban J connectivity index is 2.18. The lowest BCUT2D eigenvalue weighted by molar-refractivity contribution is 0.608. The van der Waals surface area contributed by atoms with Gasteiger partial charge in [0.2, 0.25) is 0 Å². The van der Waals surface area contributed by atoms with E-state index in [9.17, 15) is 9.18 Å². The predicted octanol–water partition coefficient (Wildman–Crippen LogP) is 3.26. The van der Waals surface area contributed by atoms with E-state index in [1.807, 2.05) is 13.8 Å². The van der Waals surface area contributed by atoms with Crippen LogP contribution in [0, 0.1) is 19.7 Å². The van der Waals surface area contributed by atoms with Crippen LogP contribution in [0.3, 0.4) is 0 Å². The molecule has 0 amide bonds. The van der Waals surface area contributed by atoms with Crippen LogP contribution in [0.25, 0.3) is 0 Å². The van der Waals surface area contributed by atoms with Crippen LogP contribution in [0.15, 0.2) is 23.0 Å². The highest BCUT2D eigenvalue weighted by atomic mass is 19.1. The van der Waals surface area contributed by atoms with Gasteiger partial charge in [0.25, 0.3) is 5.56 Å². The summed E-state index contributed by atoms with van der Waals surface area (Å²) in [7, 11) is 0. The van der Waals surface area contributed by atoms with Gasteiger partial charge in [0.15, 0.2) is 0 Å². The molecule has 112 valence electrons. The fraction of sp³-hybridized carbons (Fsp3) is 0.375. The zero-order valence-corrected chi connectivity index (χ0v) is 12.7. The number of hydrogen-bond acceptors (Lipinski definition) is 3. The van der Waals surface area contributed by atoms with Crippen molar-refractivity contribution in [2.24, 2.45) is 0 Å². The van der Waals surface area contributed by atoms with Gasteiger partial charge in [-0.25, -0.2) is 9.37 Å². The van der Waals surface area contributed by atoms with E-state index in [2.05, 4.69) is 15.3 Å². The monoisotopic (exact) mass is 289 g/mol. The number of aromatic nitrogens is 2. The molecule has 1 heterocycles. The van der Waals surface area contributed by atoms with Crippen LogP contribution in [-0.2, 0) is 6.54 Å². The minimum atomic E-state index is -0.178. The molecule has 0 aliphatic carbocycles. The Labute approximate surface area is 123 Å². The van der Waals surface area contributed by atoms with Gasteiger partial charge in [-0.15, -0.1) is 0 Å². The average molecular weight is 289 g/mol. The van der Waals surface area contributed by atoms with E-state index >= 15 is 0 Å². The first-order valence-corrected chi connectivity index (χ1v) is 6.97. The van der Waals surface area contributed by atoms with Gasteiger partial charge in [-0.3, -0.25) is 4.79 Å². The minimum absolute atomic E-state index is 0.148. The first-order valence-electron chi connectivity index (χ1n) is 6.97. The first kappa shape index (κ1) is 15.2. The third-order valence-corrected chi connectivity index (χ3v) is 3.28. The van der Waals surface area contributed by atoms with Gasteiger partial charge in [-0.1, -0.05) is 26.0 Å². The van der Waals surface area contributed by atoms with Crippen molar-refractivity contribution in [1.29, 1.82) is 0 Å². The normalized spacial score (nSPS) is 11.0. The molecule has 1 aromatic carbocycles. The lowest BCUT2D eigenvalue weighted by atomic mass is 10.1. The van der Waals surface area contributed by atoms with E-state index < -0.39 is 0 Å². The molecule has 0 saturated carbocycles. The second-order valence-corrected chi connectivity index (χ2v) is 5.57. The molecule has 0 radical (unpaired) electrons. The molecule has 4 nitrogen and oxygen atoms in total. The highest BCUT2D eigenvalue weighted by molar-refractivity contribution is 5.37. The number of rotatable bonds is 4. The third-order valence-electron chi connectivity index (χ3n) is 3.28. The minimum Gasteiger partial charge on any atom is -0.366 e. The summed E-state index contributed by atoms with van der Waals surface area (Å²) >= 11 is 0. The molecule has 1 aromatic heterocycles. The molecule has 5 heteroatoms. The molecule has 0 bridgehead atoms. The summed E-state index contributed by atoms with van der Waals surface area (Å²) in [5.74, 6) is 1.16. The zero-order chi connectivity index (χ0) is 15.6. The van der Waals surface area contributed by atoms with Crippen molar-refractivity contribution >= 4 is 5.82 Å². The first-order chi connectivity index (χ1) is 9.86. The highest BCUT2D eigenvalue weighted by Gasteiger charge is 2.07. The van der Waals surface area contributed by atoms with Crippen molar-refractivity contribution in [3.63, 3.8) is 0 Å². The molecular weight excluding hydrogens is 269 g/mol. The van der Waals surface area contributed by atoms with Crippen LogP contribution in [0.5, 0.6) is 0 Å². The fourth-order valence-electron chi connectivity index (χ4n) is 2.17. The maximum atomic E-state index is 13.6. The second kappa shape index (κ2) is 6.08. The summed E-state index contributed by atoms with van der Waals surface area (Å²) < 4.78 is 13.6. The summed E-state index contributed by atoms with van der Waals surface area (Å²) in [6.07, 6.45) is 0. The van der Waals surface area contributed by atoms with Crippen LogP contribution in [0.4, 0.5) is 10.2 Å². The SMILES string of the molecule is Cc1cc(CNc2cc(=O)[nH]c(C(C)C)n2)cc(C)c1F. The molecule has 2 aromatic rings. The van der Waals surface area contributed by atoms with Crippen molar-refractivity contribution in [2.75, 3.05) is 5.32 Å². The number of benzene rings is 1. The number of aryl methyl sites for hydroxylation is 2. The topological polar surface area (TPSA) is 57.8 Å². The van der Waals surface area contributed by atoms with E-state index in [-0.39, 0.29) is 17.3 Å². The lowest BCUT2D eigenvalue weighted by Crippen LogP contribution is -2.14. The largest absolute Gasteiger partial charge is 0.366 e. The summed E-state index contributed by atoms with van der Waals surface area (Å²) in [5.41, 5.74) is 2.02. The molecule has 0 aliphatic heterocycles. The Morgan fingerprint density at radius 1 is 1.24 bits per heavy atom. The maximum Gasteiger partial charge on any atom is 0.252 e. The molecule has 2 rings (SSSR count). The van der Waals surface area contributed by atoms with Crippen LogP contribution < -0.4 is 10.9 Å². The standard InChI is InChI=1S/C16H20FN3O/c1-9(2)16-19-13(7-14(21)20-16)18-8-12-5-10(3)15(17)11(4)6-12/h5-7,9H,8H2,1-4H3,(H2,18,19,20,21). The summed E-state index contributed by atoms with van der Waals surface area (Å²) in [5, 5.41) is 3.12. The van der Waals surface area contributed by atoms with Gasteiger partial charge in [-0.2, -0.15) is 0 Å². The number of H-pyrrole nitrogens is 1. The average Bonchev–Trinajstić information content (AvgIpc) is 2.41.